The summed E-state index contributed by atoms with van der Waals surface area (Å²) in [5.74, 6) is 0.701. The predicted molar refractivity (Wildman–Crippen MR) is 116 cm³/mol. The van der Waals surface area contributed by atoms with Crippen molar-refractivity contribution in [3.63, 3.8) is 0 Å². The predicted octanol–water partition coefficient (Wildman–Crippen LogP) is 3.57. The van der Waals surface area contributed by atoms with Crippen molar-refractivity contribution in [2.75, 3.05) is 20.8 Å². The smallest absolute Gasteiger partial charge is 0.416 e. The Balaban J connectivity index is 1.50. The van der Waals surface area contributed by atoms with Crippen LogP contribution in [-0.2, 0) is 23.9 Å². The highest BCUT2D eigenvalue weighted by atomic mass is 19.4. The van der Waals surface area contributed by atoms with Crippen LogP contribution in [0.3, 0.4) is 0 Å². The third-order valence-corrected chi connectivity index (χ3v) is 5.15. The van der Waals surface area contributed by atoms with E-state index in [-0.39, 0.29) is 17.9 Å². The topological polar surface area (TPSA) is 82.5 Å². The van der Waals surface area contributed by atoms with E-state index in [2.05, 4.69) is 10.3 Å². The van der Waals surface area contributed by atoms with Gasteiger partial charge in [-0.3, -0.25) is 14.2 Å². The van der Waals surface area contributed by atoms with Crippen molar-refractivity contribution >= 4 is 16.8 Å². The maximum absolute atomic E-state index is 12.7. The molecule has 10 heteroatoms. The van der Waals surface area contributed by atoms with Crippen molar-refractivity contribution in [1.29, 1.82) is 0 Å². The first-order valence-electron chi connectivity index (χ1n) is 10.3. The summed E-state index contributed by atoms with van der Waals surface area (Å²) in [4.78, 5) is 29.1. The molecule has 176 valence electrons. The van der Waals surface area contributed by atoms with E-state index in [9.17, 15) is 22.8 Å². The highest BCUT2D eigenvalue weighted by molar-refractivity contribution is 5.81. The van der Waals surface area contributed by atoms with Crippen LogP contribution in [0, 0.1) is 0 Å². The van der Waals surface area contributed by atoms with Crippen molar-refractivity contribution in [1.82, 2.24) is 14.9 Å². The van der Waals surface area contributed by atoms with Crippen molar-refractivity contribution < 1.29 is 27.4 Å². The average Bonchev–Trinajstić information content (AvgIpc) is 2.79. The second kappa shape index (κ2) is 10.4. The lowest BCUT2D eigenvalue weighted by Crippen LogP contribution is -2.26. The molecule has 2 aromatic carbocycles. The number of carbonyl (C=O) groups is 1. The fraction of sp³-hybridized carbons (Fsp3) is 0.348. The molecule has 3 rings (SSSR count). The summed E-state index contributed by atoms with van der Waals surface area (Å²) < 4.78 is 49.7. The van der Waals surface area contributed by atoms with E-state index in [0.29, 0.717) is 53.9 Å². The summed E-state index contributed by atoms with van der Waals surface area (Å²) in [6.45, 7) is 0.617. The van der Waals surface area contributed by atoms with E-state index in [1.807, 2.05) is 0 Å². The molecule has 1 aromatic heterocycles. The number of amides is 1. The zero-order valence-electron chi connectivity index (χ0n) is 18.2. The van der Waals surface area contributed by atoms with E-state index in [1.54, 1.807) is 12.1 Å². The largest absolute Gasteiger partial charge is 0.493 e. The number of methoxy groups -OCH3 is 2. The van der Waals surface area contributed by atoms with Crippen LogP contribution in [-0.4, -0.2) is 36.2 Å². The quantitative estimate of drug-likeness (QED) is 0.525. The third-order valence-electron chi connectivity index (χ3n) is 5.15. The second-order valence-electron chi connectivity index (χ2n) is 7.37. The van der Waals surface area contributed by atoms with E-state index >= 15 is 0 Å². The number of nitrogens with one attached hydrogen (secondary N) is 1. The van der Waals surface area contributed by atoms with Crippen molar-refractivity contribution in [2.45, 2.75) is 32.0 Å². The van der Waals surface area contributed by atoms with Gasteiger partial charge in [0.1, 0.15) is 0 Å². The maximum Gasteiger partial charge on any atom is 0.416 e. The molecule has 0 spiro atoms. The minimum absolute atomic E-state index is 0.198. The molecule has 0 saturated heterocycles. The molecular weight excluding hydrogens is 439 g/mol. The van der Waals surface area contributed by atoms with Crippen LogP contribution >= 0.6 is 0 Å². The van der Waals surface area contributed by atoms with Crippen molar-refractivity contribution in [2.24, 2.45) is 0 Å². The summed E-state index contributed by atoms with van der Waals surface area (Å²) in [5.41, 5.74) is 0.231. The van der Waals surface area contributed by atoms with Gasteiger partial charge in [0.05, 0.1) is 37.0 Å². The molecular formula is C23H24F3N3O4. The molecule has 0 aliphatic carbocycles. The van der Waals surface area contributed by atoms with Gasteiger partial charge in [0.15, 0.2) is 11.5 Å². The Bertz CT molecular complexity index is 1170. The minimum atomic E-state index is -4.37. The highest BCUT2D eigenvalue weighted by Crippen LogP contribution is 2.30. The van der Waals surface area contributed by atoms with Crippen molar-refractivity contribution in [3.8, 4) is 11.5 Å². The first kappa shape index (κ1) is 24.1. The molecule has 0 aliphatic rings. The molecule has 0 unspecified atom stereocenters. The molecule has 33 heavy (non-hydrogen) atoms. The van der Waals surface area contributed by atoms with Crippen molar-refractivity contribution in [3.05, 3.63) is 64.2 Å². The van der Waals surface area contributed by atoms with Gasteiger partial charge in [0.2, 0.25) is 5.91 Å². The fourth-order valence-electron chi connectivity index (χ4n) is 3.35. The second-order valence-corrected chi connectivity index (χ2v) is 7.37. The lowest BCUT2D eigenvalue weighted by molar-refractivity contribution is -0.137. The summed E-state index contributed by atoms with van der Waals surface area (Å²) in [7, 11) is 2.98. The van der Waals surface area contributed by atoms with Crippen LogP contribution in [0.1, 0.15) is 24.0 Å². The lowest BCUT2D eigenvalue weighted by Gasteiger charge is -2.11. The number of ether oxygens (including phenoxy) is 2. The number of hydrogen-bond donors (Lipinski definition) is 1. The third kappa shape index (κ3) is 6.03. The summed E-state index contributed by atoms with van der Waals surface area (Å²) in [6.07, 6.45) is -1.90. The molecule has 0 radical (unpaired) electrons. The Morgan fingerprint density at radius 1 is 1.09 bits per heavy atom. The zero-order chi connectivity index (χ0) is 24.0. The number of hydrogen-bond acceptors (Lipinski definition) is 5. The number of alkyl halides is 3. The molecule has 0 saturated carbocycles. The number of aryl methyl sites for hydroxylation is 1. The van der Waals surface area contributed by atoms with Crippen LogP contribution in [0.15, 0.2) is 47.5 Å². The molecule has 0 fully saturated rings. The van der Waals surface area contributed by atoms with Gasteiger partial charge in [0.25, 0.3) is 5.56 Å². The van der Waals surface area contributed by atoms with E-state index in [1.165, 1.54) is 37.2 Å². The number of fused-ring (bicyclic) bond motifs is 1. The first-order valence-corrected chi connectivity index (χ1v) is 10.3. The van der Waals surface area contributed by atoms with Crippen LogP contribution in [0.5, 0.6) is 11.5 Å². The molecule has 1 N–H and O–H groups in total. The Morgan fingerprint density at radius 3 is 2.39 bits per heavy atom. The van der Waals surface area contributed by atoms with Gasteiger partial charge in [-0.25, -0.2) is 4.98 Å². The lowest BCUT2D eigenvalue weighted by atomic mass is 10.1. The maximum atomic E-state index is 12.7. The van der Waals surface area contributed by atoms with Crippen LogP contribution in [0.4, 0.5) is 13.2 Å². The fourth-order valence-corrected chi connectivity index (χ4v) is 3.35. The number of halogens is 3. The Kier molecular flexibility index (Phi) is 7.57. The molecule has 1 heterocycles. The molecule has 0 atom stereocenters. The summed E-state index contributed by atoms with van der Waals surface area (Å²) >= 11 is 0. The van der Waals surface area contributed by atoms with E-state index in [0.717, 1.165) is 12.1 Å². The number of nitrogens with zero attached hydrogens (tertiary/aromatic N) is 2. The van der Waals surface area contributed by atoms with Gasteiger partial charge in [-0.05, 0) is 36.6 Å². The Labute approximate surface area is 188 Å². The number of carbonyl (C=O) groups excluding carboxylic acids is 1. The van der Waals surface area contributed by atoms with E-state index < -0.39 is 11.7 Å². The number of benzene rings is 2. The zero-order valence-corrected chi connectivity index (χ0v) is 18.2. The number of rotatable bonds is 9. The van der Waals surface area contributed by atoms with Gasteiger partial charge in [-0.1, -0.05) is 12.1 Å². The summed E-state index contributed by atoms with van der Waals surface area (Å²) in [5, 5.41) is 3.12. The monoisotopic (exact) mass is 463 g/mol. The standard InChI is InChI=1S/C23H24F3N3O4/c1-32-19-12-17-18(13-20(19)33-2)28-14-29(22(17)31)11-3-4-21(30)27-10-9-15-5-7-16(8-6-15)23(24,25)26/h5-8,12-14H,3-4,9-11H2,1-2H3,(H,27,30). The SMILES string of the molecule is COc1cc2ncn(CCCC(=O)NCCc3ccc(C(F)(F)F)cc3)c(=O)c2cc1OC. The highest BCUT2D eigenvalue weighted by Gasteiger charge is 2.29. The number of aromatic nitrogens is 2. The Hall–Kier alpha value is -3.56. The molecule has 1 amide bonds. The van der Waals surface area contributed by atoms with Gasteiger partial charge in [-0.15, -0.1) is 0 Å². The summed E-state index contributed by atoms with van der Waals surface area (Å²) in [6, 6.07) is 8.06. The normalized spacial score (nSPS) is 11.4. The van der Waals surface area contributed by atoms with Gasteiger partial charge < -0.3 is 14.8 Å². The van der Waals surface area contributed by atoms with Crippen LogP contribution < -0.4 is 20.3 Å². The minimum Gasteiger partial charge on any atom is -0.493 e. The molecule has 7 nitrogen and oxygen atoms in total. The van der Waals surface area contributed by atoms with Gasteiger partial charge in [-0.2, -0.15) is 13.2 Å². The molecule has 3 aromatic rings. The Morgan fingerprint density at radius 2 is 1.76 bits per heavy atom. The van der Waals surface area contributed by atoms with Crippen LogP contribution in [0.25, 0.3) is 10.9 Å². The average molecular weight is 463 g/mol. The van der Waals surface area contributed by atoms with Gasteiger partial charge in [0, 0.05) is 25.6 Å². The first-order chi connectivity index (χ1) is 15.7. The van der Waals surface area contributed by atoms with Gasteiger partial charge >= 0.3 is 6.18 Å². The van der Waals surface area contributed by atoms with E-state index in [4.69, 9.17) is 9.47 Å². The van der Waals surface area contributed by atoms with Crippen LogP contribution in [0.2, 0.25) is 0 Å². The molecule has 0 bridgehead atoms. The molecule has 0 aliphatic heterocycles.